The number of nitrogens with one attached hydrogen (secondary N) is 2. The number of carbonyl (C=O) groups is 3. The second-order valence-corrected chi connectivity index (χ2v) is 13.5. The van der Waals surface area contributed by atoms with Crippen LogP contribution in [0.1, 0.15) is 39.5 Å². The fraction of sp³-hybridized carbons (Fsp3) is 0.656. The summed E-state index contributed by atoms with van der Waals surface area (Å²) < 4.78 is 12.0. The maximum Gasteiger partial charge on any atom is 0.246 e. The molecule has 1 spiro atoms. The molecule has 4 fully saturated rings. The van der Waals surface area contributed by atoms with E-state index < -0.39 is 29.6 Å². The monoisotopic (exact) mass is 596 g/mol. The molecule has 4 heterocycles. The van der Waals surface area contributed by atoms with Crippen molar-refractivity contribution in [3.05, 3.63) is 36.4 Å². The molecule has 9 nitrogen and oxygen atoms in total. The number of rotatable bonds is 9. The molecule has 1 saturated carbocycles. The van der Waals surface area contributed by atoms with Gasteiger partial charge in [0, 0.05) is 42.8 Å². The Labute approximate surface area is 253 Å². The van der Waals surface area contributed by atoms with Crippen molar-refractivity contribution in [1.29, 1.82) is 0 Å². The molecule has 6 rings (SSSR count). The summed E-state index contributed by atoms with van der Waals surface area (Å²) in [5, 5.41) is 6.38. The zero-order valence-electron chi connectivity index (χ0n) is 24.9. The lowest BCUT2D eigenvalue weighted by Gasteiger charge is -2.38. The van der Waals surface area contributed by atoms with Crippen molar-refractivity contribution in [2.45, 2.75) is 68.2 Å². The highest BCUT2D eigenvalue weighted by molar-refractivity contribution is 7.98. The number of benzene rings is 1. The van der Waals surface area contributed by atoms with E-state index in [1.165, 1.54) is 6.42 Å². The molecular weight excluding hydrogens is 552 g/mol. The Bertz CT molecular complexity index is 1220. The Kier molecular flexibility index (Phi) is 8.69. The average Bonchev–Trinajstić information content (AvgIpc) is 3.63. The second kappa shape index (κ2) is 12.3. The first kappa shape index (κ1) is 29.7. The van der Waals surface area contributed by atoms with Gasteiger partial charge in [0.25, 0.3) is 0 Å². The van der Waals surface area contributed by atoms with Crippen molar-refractivity contribution in [2.24, 2.45) is 23.7 Å². The van der Waals surface area contributed by atoms with Crippen LogP contribution in [-0.2, 0) is 23.9 Å². The van der Waals surface area contributed by atoms with Gasteiger partial charge in [0.15, 0.2) is 0 Å². The van der Waals surface area contributed by atoms with Crippen LogP contribution in [0.3, 0.4) is 0 Å². The molecular formula is C32H44N4O5S. The van der Waals surface area contributed by atoms with Gasteiger partial charge in [-0.1, -0.05) is 44.9 Å². The van der Waals surface area contributed by atoms with E-state index in [1.54, 1.807) is 16.7 Å². The van der Waals surface area contributed by atoms with E-state index in [4.69, 9.17) is 9.47 Å². The molecule has 3 amide bonds. The van der Waals surface area contributed by atoms with E-state index in [2.05, 4.69) is 29.4 Å². The van der Waals surface area contributed by atoms with Crippen molar-refractivity contribution in [2.75, 3.05) is 51.0 Å². The van der Waals surface area contributed by atoms with Crippen molar-refractivity contribution < 1.29 is 23.9 Å². The first-order valence-corrected chi connectivity index (χ1v) is 16.8. The summed E-state index contributed by atoms with van der Waals surface area (Å²) in [6, 6.07) is 6.94. The highest BCUT2D eigenvalue weighted by Crippen LogP contribution is 2.55. The number of nitrogens with zero attached hydrogens (tertiary/aromatic N) is 2. The number of amides is 3. The average molecular weight is 597 g/mol. The van der Waals surface area contributed by atoms with Gasteiger partial charge in [0.05, 0.1) is 31.2 Å². The summed E-state index contributed by atoms with van der Waals surface area (Å²) in [4.78, 5) is 47.3. The first-order chi connectivity index (χ1) is 20.3. The Morgan fingerprint density at radius 3 is 2.71 bits per heavy atom. The van der Waals surface area contributed by atoms with Gasteiger partial charge in [-0.25, -0.2) is 0 Å². The number of carbonyl (C=O) groups excluding carboxylic acids is 3. The van der Waals surface area contributed by atoms with E-state index in [0.29, 0.717) is 37.3 Å². The minimum absolute atomic E-state index is 0.0624. The molecule has 2 bridgehead atoms. The Balaban J connectivity index is 1.25. The third-order valence-electron chi connectivity index (χ3n) is 10.3. The molecule has 1 aliphatic carbocycles. The highest BCUT2D eigenvalue weighted by Gasteiger charge is 2.72. The molecule has 42 heavy (non-hydrogen) atoms. The largest absolute Gasteiger partial charge is 0.379 e. The third-order valence-corrected chi connectivity index (χ3v) is 11.0. The van der Waals surface area contributed by atoms with Gasteiger partial charge in [-0.2, -0.15) is 0 Å². The summed E-state index contributed by atoms with van der Waals surface area (Å²) in [5.74, 6) is -1.12. The van der Waals surface area contributed by atoms with Gasteiger partial charge in [-0.15, -0.1) is 11.8 Å². The number of hydrogen-bond acceptors (Lipinski definition) is 7. The van der Waals surface area contributed by atoms with Crippen LogP contribution in [0.5, 0.6) is 0 Å². The molecule has 0 radical (unpaired) electrons. The molecule has 2 N–H and O–H groups in total. The van der Waals surface area contributed by atoms with Gasteiger partial charge in [-0.3, -0.25) is 19.3 Å². The van der Waals surface area contributed by atoms with E-state index in [0.717, 1.165) is 43.8 Å². The summed E-state index contributed by atoms with van der Waals surface area (Å²) in [5.41, 5.74) is -0.451. The van der Waals surface area contributed by atoms with Crippen LogP contribution >= 0.6 is 11.8 Å². The van der Waals surface area contributed by atoms with Gasteiger partial charge in [0.2, 0.25) is 17.7 Å². The zero-order chi connectivity index (χ0) is 29.4. The lowest BCUT2D eigenvalue weighted by atomic mass is 9.73. The molecule has 1 aromatic rings. The number of ether oxygens (including phenoxy) is 2. The smallest absolute Gasteiger partial charge is 0.246 e. The number of likely N-dealkylation sites (tertiary alicyclic amines) is 1. The molecule has 4 aliphatic heterocycles. The van der Waals surface area contributed by atoms with E-state index in [-0.39, 0.29) is 23.8 Å². The Hall–Kier alpha value is -2.40. The minimum atomic E-state index is -1.14. The van der Waals surface area contributed by atoms with E-state index >= 15 is 0 Å². The Morgan fingerprint density at radius 2 is 1.93 bits per heavy atom. The van der Waals surface area contributed by atoms with Crippen molar-refractivity contribution in [1.82, 2.24) is 15.1 Å². The molecule has 228 valence electrons. The van der Waals surface area contributed by atoms with Crippen molar-refractivity contribution in [3.63, 3.8) is 0 Å². The molecule has 3 saturated heterocycles. The second-order valence-electron chi connectivity index (χ2n) is 12.6. The topological polar surface area (TPSA) is 100 Å². The molecule has 5 aliphatic rings. The molecule has 8 atom stereocenters. The molecule has 0 unspecified atom stereocenters. The van der Waals surface area contributed by atoms with Crippen LogP contribution in [0.15, 0.2) is 41.3 Å². The summed E-state index contributed by atoms with van der Waals surface area (Å²) in [6.07, 6.45) is 9.15. The van der Waals surface area contributed by atoms with Crippen molar-refractivity contribution in [3.8, 4) is 0 Å². The normalized spacial score (nSPS) is 35.8. The molecule has 0 aromatic heterocycles. The minimum Gasteiger partial charge on any atom is -0.379 e. The quantitative estimate of drug-likeness (QED) is 0.334. The van der Waals surface area contributed by atoms with E-state index in [1.807, 2.05) is 42.7 Å². The van der Waals surface area contributed by atoms with Crippen LogP contribution in [0.2, 0.25) is 0 Å². The van der Waals surface area contributed by atoms with Crippen LogP contribution < -0.4 is 10.6 Å². The number of morpholine rings is 1. The highest BCUT2D eigenvalue weighted by atomic mass is 32.2. The molecule has 10 heteroatoms. The van der Waals surface area contributed by atoms with Gasteiger partial charge in [-0.05, 0) is 49.1 Å². The summed E-state index contributed by atoms with van der Waals surface area (Å²) >= 11 is 1.60. The fourth-order valence-electron chi connectivity index (χ4n) is 7.77. The van der Waals surface area contributed by atoms with E-state index in [9.17, 15) is 14.4 Å². The number of thioether (sulfide) groups is 1. The maximum absolute atomic E-state index is 14.3. The van der Waals surface area contributed by atoms with Gasteiger partial charge in [0.1, 0.15) is 11.6 Å². The predicted octanol–water partition coefficient (Wildman–Crippen LogP) is 3.16. The van der Waals surface area contributed by atoms with Crippen LogP contribution in [0, 0.1) is 23.7 Å². The SMILES string of the molecule is CSc1cccc(NC(=O)[C@@H]2[C@@H]3C=C[C@]4(O3)[C@@H]2C(=O)N(CCCN2CCOCC2)[C@H]4C(=O)N[C@@H]2CCC[C@@H](C)[C@H]2C)c1. The standard InChI is InChI=1S/C32H44N4O5S/c1-20-7-4-10-24(21(20)2)34-30(38)28-32-12-11-25(41-32)26(29(37)33-22-8-5-9-23(19-22)42-3)27(32)31(39)36(28)14-6-13-35-15-17-40-18-16-35/h5,8-9,11-12,19-21,24-28H,4,6-7,10,13-18H2,1-3H3,(H,33,37)(H,34,38)/t20-,21-,24-,25+,26-,27+,28+,32+/m1/s1. The predicted molar refractivity (Wildman–Crippen MR) is 162 cm³/mol. The molecule has 1 aromatic carbocycles. The van der Waals surface area contributed by atoms with Crippen LogP contribution in [0.4, 0.5) is 5.69 Å². The maximum atomic E-state index is 14.3. The van der Waals surface area contributed by atoms with Crippen LogP contribution in [0.25, 0.3) is 0 Å². The third kappa shape index (κ3) is 5.40. The fourth-order valence-corrected chi connectivity index (χ4v) is 8.23. The van der Waals surface area contributed by atoms with Gasteiger partial charge < -0.3 is 25.0 Å². The zero-order valence-corrected chi connectivity index (χ0v) is 25.7. The number of anilines is 1. The lowest BCUT2D eigenvalue weighted by Crippen LogP contribution is -2.58. The number of fused-ring (bicyclic) bond motifs is 1. The van der Waals surface area contributed by atoms with Crippen molar-refractivity contribution >= 4 is 35.2 Å². The van der Waals surface area contributed by atoms with Gasteiger partial charge >= 0.3 is 0 Å². The summed E-state index contributed by atoms with van der Waals surface area (Å²) in [6.45, 7) is 8.89. The Morgan fingerprint density at radius 1 is 1.12 bits per heavy atom. The van der Waals surface area contributed by atoms with Crippen LogP contribution in [-0.4, -0.2) is 97.0 Å². The lowest BCUT2D eigenvalue weighted by molar-refractivity contribution is -0.141. The first-order valence-electron chi connectivity index (χ1n) is 15.6. The number of hydrogen-bond donors (Lipinski definition) is 2. The summed E-state index contributed by atoms with van der Waals surface area (Å²) in [7, 11) is 0.